The number of rotatable bonds is 10. The Hall–Kier alpha value is -3.56. The Balaban J connectivity index is 1.36. The zero-order chi connectivity index (χ0) is 32.6. The number of carbonyl (C=O) groups is 2. The standard InChI is InChI=1S/C38H45NO6Si/c1-25(20-27-17-18-28(22-40)45-27)16-19-33-34-26(21-31-35(32(34)24-43-33)37(42)39(5)36(31)41)23-44-46(38(2,3)4,29-12-8-6-9-13-29)30-14-10-7-11-15-30/h6-15,17-18,20,31-33,35,40H,16,19,21-24H2,1-5H3/b25-20+/t31-,32+,33-,35-/m1/s1. The van der Waals surface area contributed by atoms with E-state index in [1.807, 2.05) is 24.3 Å². The third-order valence-electron chi connectivity index (χ3n) is 10.1. The molecule has 0 spiro atoms. The van der Waals surface area contributed by atoms with E-state index >= 15 is 0 Å². The third-order valence-corrected chi connectivity index (χ3v) is 15.1. The van der Waals surface area contributed by atoms with Crippen LogP contribution >= 0.6 is 0 Å². The summed E-state index contributed by atoms with van der Waals surface area (Å²) >= 11 is 0. The predicted molar refractivity (Wildman–Crippen MR) is 181 cm³/mol. The molecule has 0 bridgehead atoms. The van der Waals surface area contributed by atoms with Crippen molar-refractivity contribution >= 4 is 36.6 Å². The van der Waals surface area contributed by atoms with Gasteiger partial charge in [0.1, 0.15) is 18.1 Å². The number of amides is 2. The van der Waals surface area contributed by atoms with Crippen molar-refractivity contribution in [3.05, 3.63) is 101 Å². The lowest BCUT2D eigenvalue weighted by Gasteiger charge is -2.44. The van der Waals surface area contributed by atoms with Crippen LogP contribution in [-0.4, -0.2) is 56.5 Å². The van der Waals surface area contributed by atoms with Gasteiger partial charge in [-0.1, -0.05) is 87.0 Å². The fourth-order valence-corrected chi connectivity index (χ4v) is 12.5. The van der Waals surface area contributed by atoms with E-state index in [1.165, 1.54) is 15.3 Å². The number of nitrogens with zero attached hydrogens (tertiary/aromatic N) is 1. The second kappa shape index (κ2) is 12.9. The Morgan fingerprint density at radius 2 is 1.63 bits per heavy atom. The van der Waals surface area contributed by atoms with Gasteiger partial charge in [0.2, 0.25) is 11.8 Å². The number of hydrogen-bond donors (Lipinski definition) is 1. The van der Waals surface area contributed by atoms with E-state index < -0.39 is 8.32 Å². The number of aliphatic hydroxyl groups excluding tert-OH is 1. The first kappa shape index (κ1) is 32.4. The number of hydrogen-bond acceptors (Lipinski definition) is 6. The summed E-state index contributed by atoms with van der Waals surface area (Å²) in [5.41, 5.74) is 3.40. The normalized spacial score (nSPS) is 23.7. The lowest BCUT2D eigenvalue weighted by Crippen LogP contribution is -2.66. The van der Waals surface area contributed by atoms with Crippen molar-refractivity contribution in [2.45, 2.75) is 64.7 Å². The van der Waals surface area contributed by atoms with Crippen LogP contribution in [0.4, 0.5) is 0 Å². The second-order valence-corrected chi connectivity index (χ2v) is 18.3. The van der Waals surface area contributed by atoms with E-state index in [-0.39, 0.29) is 47.3 Å². The molecule has 2 aliphatic heterocycles. The van der Waals surface area contributed by atoms with Crippen LogP contribution in [0.1, 0.15) is 58.5 Å². The van der Waals surface area contributed by atoms with E-state index in [1.54, 1.807) is 13.1 Å². The summed E-state index contributed by atoms with van der Waals surface area (Å²) in [6.45, 7) is 9.56. The maximum atomic E-state index is 13.4. The second-order valence-electron chi connectivity index (χ2n) is 14.0. The molecule has 2 amide bonds. The van der Waals surface area contributed by atoms with Crippen molar-refractivity contribution in [3.8, 4) is 0 Å². The third kappa shape index (κ3) is 5.77. The van der Waals surface area contributed by atoms with Crippen molar-refractivity contribution in [2.75, 3.05) is 20.3 Å². The largest absolute Gasteiger partial charge is 0.459 e. The summed E-state index contributed by atoms with van der Waals surface area (Å²) in [4.78, 5) is 28.1. The van der Waals surface area contributed by atoms with Crippen molar-refractivity contribution in [3.63, 3.8) is 0 Å². The summed E-state index contributed by atoms with van der Waals surface area (Å²) in [5.74, 6) is 0.156. The molecule has 1 aromatic heterocycles. The predicted octanol–water partition coefficient (Wildman–Crippen LogP) is 5.48. The number of furan rings is 1. The maximum Gasteiger partial charge on any atom is 0.261 e. The lowest BCUT2D eigenvalue weighted by atomic mass is 9.69. The van der Waals surface area contributed by atoms with Gasteiger partial charge in [0.15, 0.2) is 0 Å². The summed E-state index contributed by atoms with van der Waals surface area (Å²) < 4.78 is 19.5. The number of allylic oxidation sites excluding steroid dienone is 1. The smallest absolute Gasteiger partial charge is 0.261 e. The summed E-state index contributed by atoms with van der Waals surface area (Å²) in [5, 5.41) is 11.6. The minimum absolute atomic E-state index is 0.0951. The van der Waals surface area contributed by atoms with Gasteiger partial charge in [-0.2, -0.15) is 0 Å². The van der Waals surface area contributed by atoms with E-state index in [4.69, 9.17) is 13.6 Å². The Labute approximate surface area is 273 Å². The van der Waals surface area contributed by atoms with E-state index in [0.29, 0.717) is 31.2 Å². The van der Waals surface area contributed by atoms with Crippen molar-refractivity contribution < 1.29 is 28.3 Å². The molecule has 2 aromatic carbocycles. The molecule has 8 heteroatoms. The fraction of sp³-hybridized carbons (Fsp3) is 0.421. The van der Waals surface area contributed by atoms with Gasteiger partial charge in [-0.25, -0.2) is 0 Å². The molecule has 3 heterocycles. The molecule has 3 aliphatic rings. The highest BCUT2D eigenvalue weighted by Crippen LogP contribution is 2.50. The zero-order valence-corrected chi connectivity index (χ0v) is 28.5. The van der Waals surface area contributed by atoms with Gasteiger partial charge in [0.05, 0.1) is 31.2 Å². The van der Waals surface area contributed by atoms with Crippen LogP contribution in [0.25, 0.3) is 6.08 Å². The highest BCUT2D eigenvalue weighted by Gasteiger charge is 2.57. The van der Waals surface area contributed by atoms with E-state index in [2.05, 4.69) is 76.2 Å². The zero-order valence-electron chi connectivity index (χ0n) is 27.5. The van der Waals surface area contributed by atoms with Crippen LogP contribution in [0, 0.1) is 17.8 Å². The van der Waals surface area contributed by atoms with Crippen molar-refractivity contribution in [1.82, 2.24) is 4.90 Å². The Bertz CT molecular complexity index is 1600. The SMILES string of the molecule is C/C(=C\c1ccc(CO)o1)CC[C@H]1OC[C@H]2C1=C(CO[Si](c1ccccc1)(c1ccccc1)C(C)(C)C)C[C@H]1C(=O)N(C)C(=O)[C@H]12. The highest BCUT2D eigenvalue weighted by atomic mass is 28.4. The van der Waals surface area contributed by atoms with Crippen LogP contribution in [0.15, 0.2) is 93.9 Å². The summed E-state index contributed by atoms with van der Waals surface area (Å²) in [7, 11) is -1.22. The molecule has 7 nitrogen and oxygen atoms in total. The van der Waals surface area contributed by atoms with Gasteiger partial charge in [-0.3, -0.25) is 14.5 Å². The van der Waals surface area contributed by atoms with Gasteiger partial charge >= 0.3 is 0 Å². The maximum absolute atomic E-state index is 13.4. The first-order valence-electron chi connectivity index (χ1n) is 16.3. The number of imide groups is 1. The molecule has 0 unspecified atom stereocenters. The molecule has 1 N–H and O–H groups in total. The molecule has 4 atom stereocenters. The summed E-state index contributed by atoms with van der Waals surface area (Å²) in [6, 6.07) is 24.8. The Kier molecular flexibility index (Phi) is 9.09. The number of fused-ring (bicyclic) bond motifs is 3. The number of carbonyl (C=O) groups excluding carboxylic acids is 2. The van der Waals surface area contributed by atoms with Gasteiger partial charge < -0.3 is 18.7 Å². The minimum atomic E-state index is -2.83. The van der Waals surface area contributed by atoms with Crippen LogP contribution in [0.2, 0.25) is 5.04 Å². The monoisotopic (exact) mass is 639 g/mol. The van der Waals surface area contributed by atoms with Gasteiger partial charge in [0, 0.05) is 13.0 Å². The Morgan fingerprint density at radius 1 is 0.978 bits per heavy atom. The molecule has 3 aromatic rings. The topological polar surface area (TPSA) is 89.2 Å². The average Bonchev–Trinajstić information content (AvgIpc) is 3.74. The van der Waals surface area contributed by atoms with Crippen LogP contribution in [-0.2, 0) is 25.4 Å². The van der Waals surface area contributed by atoms with E-state index in [9.17, 15) is 14.7 Å². The minimum Gasteiger partial charge on any atom is -0.459 e. The van der Waals surface area contributed by atoms with Gasteiger partial charge in [-0.05, 0) is 71.0 Å². The number of aliphatic hydroxyl groups is 1. The summed E-state index contributed by atoms with van der Waals surface area (Å²) in [6.07, 6.45) is 3.87. The quantitative estimate of drug-likeness (QED) is 0.180. The van der Waals surface area contributed by atoms with Crippen molar-refractivity contribution in [2.24, 2.45) is 17.8 Å². The molecule has 2 saturated heterocycles. The van der Waals surface area contributed by atoms with E-state index in [0.717, 1.165) is 29.6 Å². The molecule has 1 aliphatic carbocycles. The first-order chi connectivity index (χ1) is 22.0. The highest BCUT2D eigenvalue weighted by molar-refractivity contribution is 6.99. The number of benzene rings is 2. The van der Waals surface area contributed by atoms with Crippen molar-refractivity contribution in [1.29, 1.82) is 0 Å². The number of likely N-dealkylation sites (tertiary alicyclic amines) is 1. The fourth-order valence-electron chi connectivity index (χ4n) is 7.95. The number of ether oxygens (including phenoxy) is 1. The van der Waals surface area contributed by atoms with Gasteiger partial charge in [-0.15, -0.1) is 0 Å². The molecule has 0 saturated carbocycles. The van der Waals surface area contributed by atoms with Crippen LogP contribution in [0.3, 0.4) is 0 Å². The first-order valence-corrected chi connectivity index (χ1v) is 18.2. The average molecular weight is 640 g/mol. The molecule has 6 rings (SSSR count). The lowest BCUT2D eigenvalue weighted by molar-refractivity contribution is -0.138. The van der Waals surface area contributed by atoms with Crippen LogP contribution < -0.4 is 10.4 Å². The van der Waals surface area contributed by atoms with Crippen LogP contribution in [0.5, 0.6) is 0 Å². The molecule has 242 valence electrons. The molecule has 46 heavy (non-hydrogen) atoms. The molecule has 0 radical (unpaired) electrons. The Morgan fingerprint density at radius 3 is 2.22 bits per heavy atom. The molecular weight excluding hydrogens is 595 g/mol. The van der Waals surface area contributed by atoms with Gasteiger partial charge in [0.25, 0.3) is 8.32 Å². The molecule has 2 fully saturated rings. The molecular formula is C38H45NO6Si.